The topological polar surface area (TPSA) is 73.8 Å². The van der Waals surface area contributed by atoms with Gasteiger partial charge in [0.25, 0.3) is 0 Å². The Morgan fingerprint density at radius 3 is 2.12 bits per heavy atom. The Balaban J connectivity index is 2.12. The minimum Gasteiger partial charge on any atom is -0.369 e. The van der Waals surface area contributed by atoms with Gasteiger partial charge in [-0.05, 0) is 32.9 Å². The highest BCUT2D eigenvalue weighted by Crippen LogP contribution is 2.30. The fraction of sp³-hybridized carbons (Fsp3) is 0.211. The summed E-state index contributed by atoms with van der Waals surface area (Å²) >= 11 is 1.31. The van der Waals surface area contributed by atoms with E-state index in [-0.39, 0.29) is 11.2 Å². The quantitative estimate of drug-likeness (QED) is 0.713. The molecule has 2 N–H and O–H groups in total. The van der Waals surface area contributed by atoms with Crippen LogP contribution in [0.5, 0.6) is 0 Å². The number of hydrogen-bond donors (Lipinski definition) is 1. The summed E-state index contributed by atoms with van der Waals surface area (Å²) in [6.45, 7) is 5.86. The Morgan fingerprint density at radius 1 is 1.00 bits per heavy atom. The third-order valence-electron chi connectivity index (χ3n) is 3.92. The predicted molar refractivity (Wildman–Crippen MR) is 101 cm³/mol. The van der Waals surface area contributed by atoms with E-state index in [1.54, 1.807) is 6.92 Å². The molecule has 0 radical (unpaired) electrons. The van der Waals surface area contributed by atoms with Crippen molar-refractivity contribution in [1.82, 2.24) is 14.8 Å². The Morgan fingerprint density at radius 2 is 1.56 bits per heavy atom. The second-order valence-corrected chi connectivity index (χ2v) is 7.31. The molecule has 0 saturated heterocycles. The number of carbonyl (C=O) groups is 1. The van der Waals surface area contributed by atoms with Crippen LogP contribution < -0.4 is 5.73 Å². The average molecular weight is 352 g/mol. The van der Waals surface area contributed by atoms with E-state index in [2.05, 4.69) is 10.2 Å². The molecule has 1 atom stereocenters. The number of benzene rings is 2. The third-order valence-corrected chi connectivity index (χ3v) is 4.98. The minimum atomic E-state index is -0.390. The van der Waals surface area contributed by atoms with E-state index < -0.39 is 0 Å². The van der Waals surface area contributed by atoms with E-state index in [4.69, 9.17) is 5.73 Å². The summed E-state index contributed by atoms with van der Waals surface area (Å²) in [6.07, 6.45) is 0. The molecule has 0 aliphatic rings. The monoisotopic (exact) mass is 352 g/mol. The SMILES string of the molecule is Cc1ccc(-c2nnc(SC(C)C(N)=O)n2-c2ccc(C)cc2)cc1. The molecular formula is C19H20N4OS. The van der Waals surface area contributed by atoms with Crippen molar-refractivity contribution in [2.45, 2.75) is 31.2 Å². The van der Waals surface area contributed by atoms with Crippen LogP contribution in [-0.2, 0) is 4.79 Å². The van der Waals surface area contributed by atoms with Gasteiger partial charge in [0, 0.05) is 11.3 Å². The molecule has 1 unspecified atom stereocenters. The fourth-order valence-electron chi connectivity index (χ4n) is 2.38. The first-order valence-corrected chi connectivity index (χ1v) is 8.89. The number of primary amides is 1. The molecule has 0 bridgehead atoms. The zero-order chi connectivity index (χ0) is 18.0. The Labute approximate surface area is 151 Å². The van der Waals surface area contributed by atoms with Crippen molar-refractivity contribution in [1.29, 1.82) is 0 Å². The lowest BCUT2D eigenvalue weighted by Gasteiger charge is -2.12. The van der Waals surface area contributed by atoms with Crippen LogP contribution in [0.3, 0.4) is 0 Å². The predicted octanol–water partition coefficient (Wildman–Crippen LogP) is 3.52. The molecule has 1 amide bonds. The number of nitrogens with two attached hydrogens (primary N) is 1. The van der Waals surface area contributed by atoms with Gasteiger partial charge in [0.15, 0.2) is 11.0 Å². The summed E-state index contributed by atoms with van der Waals surface area (Å²) in [5.41, 5.74) is 9.69. The van der Waals surface area contributed by atoms with Crippen LogP contribution in [0, 0.1) is 13.8 Å². The van der Waals surface area contributed by atoms with Crippen molar-refractivity contribution in [2.75, 3.05) is 0 Å². The summed E-state index contributed by atoms with van der Waals surface area (Å²) in [5, 5.41) is 8.93. The first-order chi connectivity index (χ1) is 12.0. The van der Waals surface area contributed by atoms with Crippen LogP contribution in [0.1, 0.15) is 18.1 Å². The molecule has 0 aliphatic heterocycles. The molecule has 0 fully saturated rings. The summed E-state index contributed by atoms with van der Waals surface area (Å²) in [4.78, 5) is 11.5. The van der Waals surface area contributed by atoms with Crippen LogP contribution in [-0.4, -0.2) is 25.9 Å². The van der Waals surface area contributed by atoms with E-state index in [1.165, 1.54) is 22.9 Å². The zero-order valence-electron chi connectivity index (χ0n) is 14.4. The fourth-order valence-corrected chi connectivity index (χ4v) is 3.20. The Hall–Kier alpha value is -2.60. The van der Waals surface area contributed by atoms with E-state index in [1.807, 2.05) is 66.9 Å². The lowest BCUT2D eigenvalue weighted by atomic mass is 10.1. The molecule has 3 aromatic rings. The molecular weight excluding hydrogens is 332 g/mol. The van der Waals surface area contributed by atoms with Crippen molar-refractivity contribution in [3.63, 3.8) is 0 Å². The van der Waals surface area contributed by atoms with Crippen LogP contribution in [0.25, 0.3) is 17.1 Å². The van der Waals surface area contributed by atoms with Gasteiger partial charge in [0.2, 0.25) is 5.91 Å². The third kappa shape index (κ3) is 3.74. The molecule has 0 saturated carbocycles. The number of carbonyl (C=O) groups excluding carboxylic acids is 1. The molecule has 6 heteroatoms. The van der Waals surface area contributed by atoms with Crippen LogP contribution in [0.15, 0.2) is 53.7 Å². The molecule has 1 heterocycles. The van der Waals surface area contributed by atoms with E-state index >= 15 is 0 Å². The summed E-state index contributed by atoms with van der Waals surface area (Å²) in [7, 11) is 0. The molecule has 3 rings (SSSR count). The first-order valence-electron chi connectivity index (χ1n) is 8.01. The van der Waals surface area contributed by atoms with Gasteiger partial charge in [-0.25, -0.2) is 0 Å². The second-order valence-electron chi connectivity index (χ2n) is 6.01. The van der Waals surface area contributed by atoms with E-state index in [0.29, 0.717) is 5.16 Å². The highest BCUT2D eigenvalue weighted by atomic mass is 32.2. The highest BCUT2D eigenvalue weighted by Gasteiger charge is 2.20. The molecule has 25 heavy (non-hydrogen) atoms. The van der Waals surface area contributed by atoms with Gasteiger partial charge in [0.05, 0.1) is 5.25 Å². The lowest BCUT2D eigenvalue weighted by Crippen LogP contribution is -2.23. The molecule has 1 aromatic heterocycles. The Bertz CT molecular complexity index is 885. The van der Waals surface area contributed by atoms with Gasteiger partial charge in [-0.15, -0.1) is 10.2 Å². The standard InChI is InChI=1S/C19H20N4OS/c1-12-4-8-15(9-5-12)18-21-22-19(25-14(3)17(20)24)23(18)16-10-6-13(2)7-11-16/h4-11,14H,1-3H3,(H2,20,24). The van der Waals surface area contributed by atoms with E-state index in [9.17, 15) is 4.79 Å². The van der Waals surface area contributed by atoms with Gasteiger partial charge in [-0.1, -0.05) is 59.3 Å². The van der Waals surface area contributed by atoms with Gasteiger partial charge in [-0.3, -0.25) is 9.36 Å². The maximum absolute atomic E-state index is 11.5. The zero-order valence-corrected chi connectivity index (χ0v) is 15.2. The van der Waals surface area contributed by atoms with Gasteiger partial charge in [0.1, 0.15) is 0 Å². The molecule has 128 valence electrons. The molecule has 0 aliphatic carbocycles. The summed E-state index contributed by atoms with van der Waals surface area (Å²) in [5.74, 6) is 0.364. The largest absolute Gasteiger partial charge is 0.369 e. The maximum atomic E-state index is 11.5. The van der Waals surface area contributed by atoms with Crippen molar-refractivity contribution >= 4 is 17.7 Å². The number of nitrogens with zero attached hydrogens (tertiary/aromatic N) is 3. The van der Waals surface area contributed by atoms with Gasteiger partial charge < -0.3 is 5.73 Å². The number of aryl methyl sites for hydroxylation is 2. The number of thioether (sulfide) groups is 1. The maximum Gasteiger partial charge on any atom is 0.230 e. The summed E-state index contributed by atoms with van der Waals surface area (Å²) in [6, 6.07) is 16.3. The van der Waals surface area contributed by atoms with Crippen molar-refractivity contribution in [2.24, 2.45) is 5.73 Å². The smallest absolute Gasteiger partial charge is 0.230 e. The van der Waals surface area contributed by atoms with Gasteiger partial charge >= 0.3 is 0 Å². The molecule has 2 aromatic carbocycles. The number of amides is 1. The van der Waals surface area contributed by atoms with Crippen molar-refractivity contribution in [3.05, 3.63) is 59.7 Å². The number of hydrogen-bond acceptors (Lipinski definition) is 4. The van der Waals surface area contributed by atoms with Crippen LogP contribution >= 0.6 is 11.8 Å². The number of rotatable bonds is 5. The lowest BCUT2D eigenvalue weighted by molar-refractivity contribution is -0.117. The van der Waals surface area contributed by atoms with Crippen LogP contribution in [0.2, 0.25) is 0 Å². The minimum absolute atomic E-state index is 0.375. The first kappa shape index (κ1) is 17.2. The van der Waals surface area contributed by atoms with Gasteiger partial charge in [-0.2, -0.15) is 0 Å². The van der Waals surface area contributed by atoms with Crippen LogP contribution in [0.4, 0.5) is 0 Å². The number of aromatic nitrogens is 3. The highest BCUT2D eigenvalue weighted by molar-refractivity contribution is 8.00. The molecule has 0 spiro atoms. The summed E-state index contributed by atoms with van der Waals surface area (Å²) < 4.78 is 1.97. The van der Waals surface area contributed by atoms with Crippen molar-refractivity contribution < 1.29 is 4.79 Å². The Kier molecular flexibility index (Phi) is 4.90. The normalized spacial score (nSPS) is 12.1. The second kappa shape index (κ2) is 7.11. The van der Waals surface area contributed by atoms with E-state index in [0.717, 1.165) is 17.1 Å². The van der Waals surface area contributed by atoms with Crippen molar-refractivity contribution in [3.8, 4) is 17.1 Å². The average Bonchev–Trinajstić information content (AvgIpc) is 2.99. The molecule has 5 nitrogen and oxygen atoms in total.